The van der Waals surface area contributed by atoms with Crippen LogP contribution < -0.4 is 0 Å². The molecular formula is C9H16ClN3O2S. The second kappa shape index (κ2) is 5.16. The number of rotatable bonds is 5. The van der Waals surface area contributed by atoms with Gasteiger partial charge in [-0.3, -0.25) is 5.10 Å². The van der Waals surface area contributed by atoms with E-state index in [0.717, 1.165) is 0 Å². The van der Waals surface area contributed by atoms with Crippen LogP contribution in [0.3, 0.4) is 0 Å². The number of aromatic amines is 1. The molecule has 0 amide bonds. The summed E-state index contributed by atoms with van der Waals surface area (Å²) in [5.41, 5.74) is 1.05. The number of H-pyrrole nitrogens is 1. The van der Waals surface area contributed by atoms with Crippen LogP contribution in [-0.4, -0.2) is 41.9 Å². The SMILES string of the molecule is CCN(CCCl)S(=O)(=O)c1c(C)n[nH]c1C. The first-order chi connectivity index (χ1) is 7.45. The third-order valence-corrected chi connectivity index (χ3v) is 4.75. The maximum absolute atomic E-state index is 12.3. The van der Waals surface area contributed by atoms with Gasteiger partial charge < -0.3 is 0 Å². The van der Waals surface area contributed by atoms with Crippen molar-refractivity contribution in [2.45, 2.75) is 25.7 Å². The van der Waals surface area contributed by atoms with Crippen molar-refractivity contribution < 1.29 is 8.42 Å². The monoisotopic (exact) mass is 265 g/mol. The Hall–Kier alpha value is -0.590. The fourth-order valence-corrected chi connectivity index (χ4v) is 3.68. The van der Waals surface area contributed by atoms with Gasteiger partial charge in [-0.1, -0.05) is 6.92 Å². The fraction of sp³-hybridized carbons (Fsp3) is 0.667. The van der Waals surface area contributed by atoms with E-state index < -0.39 is 10.0 Å². The molecule has 1 heterocycles. The van der Waals surface area contributed by atoms with Gasteiger partial charge in [-0.05, 0) is 13.8 Å². The van der Waals surface area contributed by atoms with Gasteiger partial charge in [0.15, 0.2) is 0 Å². The average molecular weight is 266 g/mol. The summed E-state index contributed by atoms with van der Waals surface area (Å²) in [5.74, 6) is 0.281. The molecule has 0 fully saturated rings. The van der Waals surface area contributed by atoms with Crippen LogP contribution in [0.4, 0.5) is 0 Å². The van der Waals surface area contributed by atoms with Crippen molar-refractivity contribution in [1.29, 1.82) is 0 Å². The van der Waals surface area contributed by atoms with E-state index in [4.69, 9.17) is 11.6 Å². The zero-order chi connectivity index (χ0) is 12.3. The Morgan fingerprint density at radius 1 is 1.44 bits per heavy atom. The van der Waals surface area contributed by atoms with E-state index in [1.54, 1.807) is 20.8 Å². The smallest absolute Gasteiger partial charge is 0.246 e. The largest absolute Gasteiger partial charge is 0.281 e. The molecule has 1 rings (SSSR count). The molecule has 16 heavy (non-hydrogen) atoms. The lowest BCUT2D eigenvalue weighted by Crippen LogP contribution is -2.33. The highest BCUT2D eigenvalue weighted by molar-refractivity contribution is 7.89. The minimum atomic E-state index is -3.48. The Kier molecular flexibility index (Phi) is 4.35. The Morgan fingerprint density at radius 2 is 2.06 bits per heavy atom. The highest BCUT2D eigenvalue weighted by Crippen LogP contribution is 2.21. The summed E-state index contributed by atoms with van der Waals surface area (Å²) in [4.78, 5) is 0.263. The van der Waals surface area contributed by atoms with Crippen LogP contribution in [0.1, 0.15) is 18.3 Å². The van der Waals surface area contributed by atoms with Gasteiger partial charge in [0, 0.05) is 19.0 Å². The van der Waals surface area contributed by atoms with Gasteiger partial charge in [0.25, 0.3) is 0 Å². The average Bonchev–Trinajstić information content (AvgIpc) is 2.55. The number of nitrogens with one attached hydrogen (secondary N) is 1. The lowest BCUT2D eigenvalue weighted by molar-refractivity contribution is 0.446. The topological polar surface area (TPSA) is 66.1 Å². The van der Waals surface area contributed by atoms with E-state index >= 15 is 0 Å². The predicted octanol–water partition coefficient (Wildman–Crippen LogP) is 1.28. The predicted molar refractivity (Wildman–Crippen MR) is 63.2 cm³/mol. The molecule has 7 heteroatoms. The number of sulfonamides is 1. The molecule has 1 N–H and O–H groups in total. The van der Waals surface area contributed by atoms with Crippen LogP contribution in [-0.2, 0) is 10.0 Å². The van der Waals surface area contributed by atoms with E-state index in [-0.39, 0.29) is 10.8 Å². The summed E-state index contributed by atoms with van der Waals surface area (Å²) in [6.45, 7) is 5.87. The molecule has 1 aromatic rings. The second-order valence-electron chi connectivity index (χ2n) is 3.45. The van der Waals surface area contributed by atoms with Crippen LogP contribution in [0.5, 0.6) is 0 Å². The molecule has 5 nitrogen and oxygen atoms in total. The molecule has 1 aromatic heterocycles. The van der Waals surface area contributed by atoms with Crippen LogP contribution >= 0.6 is 11.6 Å². The number of nitrogens with zero attached hydrogens (tertiary/aromatic N) is 2. The maximum atomic E-state index is 12.3. The van der Waals surface area contributed by atoms with Crippen molar-refractivity contribution in [2.24, 2.45) is 0 Å². The summed E-state index contributed by atoms with van der Waals surface area (Å²) in [7, 11) is -3.48. The third-order valence-electron chi connectivity index (χ3n) is 2.35. The molecular weight excluding hydrogens is 250 g/mol. The zero-order valence-electron chi connectivity index (χ0n) is 9.62. The van der Waals surface area contributed by atoms with Crippen LogP contribution in [0, 0.1) is 13.8 Å². The van der Waals surface area contributed by atoms with Gasteiger partial charge in [-0.15, -0.1) is 11.6 Å². The second-order valence-corrected chi connectivity index (χ2v) is 5.70. The Bertz CT molecular complexity index is 436. The van der Waals surface area contributed by atoms with Gasteiger partial charge >= 0.3 is 0 Å². The molecule has 0 saturated carbocycles. The molecule has 92 valence electrons. The lowest BCUT2D eigenvalue weighted by Gasteiger charge is -2.19. The fourth-order valence-electron chi connectivity index (χ4n) is 1.59. The van der Waals surface area contributed by atoms with Gasteiger partial charge in [-0.2, -0.15) is 9.40 Å². The number of aryl methyl sites for hydroxylation is 2. The van der Waals surface area contributed by atoms with E-state index in [9.17, 15) is 8.42 Å². The molecule has 0 atom stereocenters. The number of halogens is 1. The molecule has 0 aliphatic rings. The lowest BCUT2D eigenvalue weighted by atomic mass is 10.4. The molecule has 0 saturated heterocycles. The summed E-state index contributed by atoms with van der Waals surface area (Å²) < 4.78 is 25.9. The molecule has 0 aliphatic carbocycles. The first kappa shape index (κ1) is 13.5. The van der Waals surface area contributed by atoms with Gasteiger partial charge in [0.05, 0.1) is 11.4 Å². The maximum Gasteiger partial charge on any atom is 0.246 e. The number of alkyl halides is 1. The number of aromatic nitrogens is 2. The normalized spacial score (nSPS) is 12.3. The highest BCUT2D eigenvalue weighted by Gasteiger charge is 2.27. The Morgan fingerprint density at radius 3 is 2.44 bits per heavy atom. The first-order valence-electron chi connectivity index (χ1n) is 5.02. The molecule has 0 spiro atoms. The van der Waals surface area contributed by atoms with E-state index in [0.29, 0.717) is 24.5 Å². The van der Waals surface area contributed by atoms with Gasteiger partial charge in [-0.25, -0.2) is 8.42 Å². The first-order valence-corrected chi connectivity index (χ1v) is 7.00. The summed E-state index contributed by atoms with van der Waals surface area (Å²) in [6, 6.07) is 0. The van der Waals surface area contributed by atoms with Crippen molar-refractivity contribution in [3.05, 3.63) is 11.4 Å². The van der Waals surface area contributed by atoms with E-state index in [2.05, 4.69) is 10.2 Å². The van der Waals surface area contributed by atoms with Gasteiger partial charge in [0.2, 0.25) is 10.0 Å². The molecule has 0 unspecified atom stereocenters. The van der Waals surface area contributed by atoms with Crippen LogP contribution in [0.25, 0.3) is 0 Å². The van der Waals surface area contributed by atoms with Crippen molar-refractivity contribution in [3.8, 4) is 0 Å². The minimum absolute atomic E-state index is 0.263. The van der Waals surface area contributed by atoms with Crippen molar-refractivity contribution in [3.63, 3.8) is 0 Å². The number of hydrogen-bond donors (Lipinski definition) is 1. The molecule has 0 bridgehead atoms. The van der Waals surface area contributed by atoms with Crippen LogP contribution in [0.15, 0.2) is 4.90 Å². The summed E-state index contributed by atoms with van der Waals surface area (Å²) in [5, 5.41) is 6.57. The Labute approximate surface area is 101 Å². The third kappa shape index (κ3) is 2.39. The van der Waals surface area contributed by atoms with E-state index in [1.807, 2.05) is 0 Å². The summed E-state index contributed by atoms with van der Waals surface area (Å²) >= 11 is 5.59. The van der Waals surface area contributed by atoms with Crippen LogP contribution in [0.2, 0.25) is 0 Å². The zero-order valence-corrected chi connectivity index (χ0v) is 11.2. The van der Waals surface area contributed by atoms with E-state index in [1.165, 1.54) is 4.31 Å². The van der Waals surface area contributed by atoms with Crippen molar-refractivity contribution in [2.75, 3.05) is 19.0 Å². The molecule has 0 radical (unpaired) electrons. The van der Waals surface area contributed by atoms with Crippen molar-refractivity contribution in [1.82, 2.24) is 14.5 Å². The standard InChI is InChI=1S/C9H16ClN3O2S/c1-4-13(6-5-10)16(14,15)9-7(2)11-12-8(9)3/h4-6H2,1-3H3,(H,11,12). The quantitative estimate of drug-likeness (QED) is 0.816. The van der Waals surface area contributed by atoms with Crippen molar-refractivity contribution >= 4 is 21.6 Å². The molecule has 0 aliphatic heterocycles. The van der Waals surface area contributed by atoms with Gasteiger partial charge in [0.1, 0.15) is 4.90 Å². The highest BCUT2D eigenvalue weighted by atomic mass is 35.5. The Balaban J connectivity index is 3.20. The molecule has 0 aromatic carbocycles. The summed E-state index contributed by atoms with van der Waals surface area (Å²) in [6.07, 6.45) is 0. The number of hydrogen-bond acceptors (Lipinski definition) is 3. The minimum Gasteiger partial charge on any atom is -0.281 e.